The van der Waals surface area contributed by atoms with Crippen LogP contribution in [-0.2, 0) is 36.2 Å². The molecule has 12 nitrogen and oxygen atoms in total. The molecule has 13 heteroatoms. The number of fused-ring (bicyclic) bond motifs is 8. The van der Waals surface area contributed by atoms with Crippen LogP contribution >= 0.6 is 0 Å². The van der Waals surface area contributed by atoms with Crippen molar-refractivity contribution in [3.63, 3.8) is 0 Å². The van der Waals surface area contributed by atoms with E-state index in [1.165, 1.54) is 0 Å². The van der Waals surface area contributed by atoms with Crippen molar-refractivity contribution in [3.8, 4) is 62.1 Å². The van der Waals surface area contributed by atoms with Gasteiger partial charge in [0.1, 0.15) is 17.2 Å². The van der Waals surface area contributed by atoms with Crippen LogP contribution in [0.4, 0.5) is 0 Å². The number of allylic oxidation sites excluding steroid dienone is 8. The summed E-state index contributed by atoms with van der Waals surface area (Å²) < 4.78 is 27.7. The van der Waals surface area contributed by atoms with E-state index in [0.717, 1.165) is 11.0 Å². The van der Waals surface area contributed by atoms with Gasteiger partial charge in [0, 0.05) is 87.2 Å². The van der Waals surface area contributed by atoms with Gasteiger partial charge in [0.15, 0.2) is 5.75 Å². The van der Waals surface area contributed by atoms with Crippen molar-refractivity contribution in [2.24, 2.45) is 0 Å². The van der Waals surface area contributed by atoms with Crippen LogP contribution in [0, 0.1) is 0 Å². The first-order valence-corrected chi connectivity index (χ1v) is 27.0. The number of rotatable bonds is 20. The zero-order valence-electron chi connectivity index (χ0n) is 45.6. The minimum absolute atomic E-state index is 0. The predicted molar refractivity (Wildman–Crippen MR) is 319 cm³/mol. The number of ether oxygens (including phenoxy) is 4. The third-order valence-electron chi connectivity index (χ3n) is 13.1. The van der Waals surface area contributed by atoms with Crippen LogP contribution in [0.1, 0.15) is 102 Å². The number of esters is 4. The number of nitrogens with one attached hydrogen (secondary N) is 1. The molecule has 0 unspecified atom stereocenters. The Bertz CT molecular complexity index is 3840. The minimum atomic E-state index is -0.463. The molecule has 413 valence electrons. The molecule has 2 aliphatic rings. The van der Waals surface area contributed by atoms with E-state index in [0.29, 0.717) is 98.6 Å². The molecule has 0 aliphatic carbocycles. The van der Waals surface area contributed by atoms with Gasteiger partial charge in [-0.2, -0.15) is 0 Å². The van der Waals surface area contributed by atoms with Gasteiger partial charge in [-0.1, -0.05) is 115 Å². The first kappa shape index (κ1) is 58.0. The Morgan fingerprint density at radius 1 is 0.444 bits per heavy atom. The second-order valence-electron chi connectivity index (χ2n) is 18.8. The summed E-state index contributed by atoms with van der Waals surface area (Å²) in [6.45, 7) is 7.60. The van der Waals surface area contributed by atoms with E-state index in [-0.39, 0.29) is 65.8 Å². The van der Waals surface area contributed by atoms with Crippen LogP contribution in [0.15, 0.2) is 176 Å². The average molecular weight is 1130 g/mol. The molecule has 4 aromatic carbocycles. The maximum atomic E-state index is 14.1. The van der Waals surface area contributed by atoms with Crippen LogP contribution in [0.25, 0.3) is 85.4 Å². The Labute approximate surface area is 482 Å². The van der Waals surface area contributed by atoms with Crippen molar-refractivity contribution in [2.75, 3.05) is 0 Å². The Kier molecular flexibility index (Phi) is 20.1. The normalized spacial score (nSPS) is 11.9. The summed E-state index contributed by atoms with van der Waals surface area (Å²) in [5.74, 6) is -0.873. The SMILES string of the molecule is CC=CCCC(=O)Oc1ccccc1-c1c(-c2ccccc2OC(=O)CCC=CC)c2c(-c3ccccc3OC(=O)CCC=CC)c3nc(cc4ccc(cc5nc(cc1n2-c1ccccc1OC(=O)CCC=CC)C=C5)[nH]4)C=C3.[Cu]. The number of hydrogen-bond donors (Lipinski definition) is 1. The molecule has 0 saturated carbocycles. The fourth-order valence-electron chi connectivity index (χ4n) is 9.53. The standard InChI is InChI=1S/C68H62N4O8.Cu/c1-5-9-13-33-61(73)77-57-29-21-17-25-51(57)65-54-42-41-49(71-54)44-48-38-37-46(69-48)43-47-39-40-50(70-47)45-56-66(52-26-18-22-30-58(52)78-62(74)34-14-10-6-2)67(53-27-19-23-31-59(53)79-63(75)35-15-11-7-3)68(65)72(56)55-28-20-24-32-60(55)80-64(76)36-16-12-8-4;/h5-12,17-32,37-45,69H,13-16,33-36H2,1-4H3;. The maximum Gasteiger partial charge on any atom is 0.311 e. The number of carbonyl (C=O) groups is 4. The topological polar surface area (TPSA) is 152 Å². The van der Waals surface area contributed by atoms with Crippen molar-refractivity contribution in [1.29, 1.82) is 0 Å². The molecule has 2 aliphatic heterocycles. The van der Waals surface area contributed by atoms with E-state index < -0.39 is 23.9 Å². The van der Waals surface area contributed by atoms with Crippen LogP contribution in [0.2, 0.25) is 0 Å². The molecule has 0 amide bonds. The second-order valence-corrected chi connectivity index (χ2v) is 18.8. The third kappa shape index (κ3) is 14.2. The Morgan fingerprint density at radius 2 is 0.827 bits per heavy atom. The summed E-state index contributed by atoms with van der Waals surface area (Å²) in [7, 11) is 0. The van der Waals surface area contributed by atoms with Gasteiger partial charge in [0.2, 0.25) is 0 Å². The summed E-state index contributed by atoms with van der Waals surface area (Å²) >= 11 is 0. The van der Waals surface area contributed by atoms with Gasteiger partial charge in [-0.05, 0) is 138 Å². The molecule has 5 heterocycles. The summed E-state index contributed by atoms with van der Waals surface area (Å²) in [6, 6.07) is 39.0. The molecule has 0 fully saturated rings. The van der Waals surface area contributed by atoms with Crippen LogP contribution in [0.3, 0.4) is 0 Å². The largest absolute Gasteiger partial charge is 0.426 e. The van der Waals surface area contributed by atoms with Gasteiger partial charge in [-0.25, -0.2) is 9.97 Å². The number of hydrogen-bond acceptors (Lipinski definition) is 10. The molecule has 7 aromatic rings. The van der Waals surface area contributed by atoms with Crippen LogP contribution in [0.5, 0.6) is 23.0 Å². The van der Waals surface area contributed by atoms with Crippen molar-refractivity contribution >= 4 is 70.2 Å². The number of para-hydroxylation sites is 5. The van der Waals surface area contributed by atoms with Gasteiger partial charge in [0.05, 0.1) is 39.5 Å². The third-order valence-corrected chi connectivity index (χ3v) is 13.1. The summed E-state index contributed by atoms with van der Waals surface area (Å²) in [6.07, 6.45) is 25.2. The van der Waals surface area contributed by atoms with Crippen molar-refractivity contribution in [3.05, 3.63) is 199 Å². The second kappa shape index (κ2) is 28.1. The number of aromatic amines is 1. The monoisotopic (exact) mass is 1130 g/mol. The molecular formula is C68H62CuN4O8. The van der Waals surface area contributed by atoms with E-state index in [1.54, 1.807) is 48.5 Å². The van der Waals surface area contributed by atoms with Gasteiger partial charge in [-0.3, -0.25) is 19.2 Å². The maximum absolute atomic E-state index is 14.1. The number of carbonyl (C=O) groups excluding carboxylic acids is 4. The zero-order valence-corrected chi connectivity index (χ0v) is 46.6. The predicted octanol–water partition coefficient (Wildman–Crippen LogP) is 16.2. The fourth-order valence-corrected chi connectivity index (χ4v) is 9.53. The molecular weight excluding hydrogens is 1060 g/mol. The first-order valence-electron chi connectivity index (χ1n) is 27.0. The zero-order chi connectivity index (χ0) is 55.8. The summed E-state index contributed by atoms with van der Waals surface area (Å²) in [5, 5.41) is 0. The molecule has 9 rings (SSSR count). The minimum Gasteiger partial charge on any atom is -0.426 e. The van der Waals surface area contributed by atoms with Crippen molar-refractivity contribution in [1.82, 2.24) is 19.5 Å². The van der Waals surface area contributed by atoms with Crippen molar-refractivity contribution < 1.29 is 55.2 Å². The van der Waals surface area contributed by atoms with E-state index in [2.05, 4.69) is 4.98 Å². The Balaban J connectivity index is 0.00000860. The summed E-state index contributed by atoms with van der Waals surface area (Å²) in [4.78, 5) is 70.1. The van der Waals surface area contributed by atoms with Gasteiger partial charge in [-0.15, -0.1) is 0 Å². The van der Waals surface area contributed by atoms with E-state index in [9.17, 15) is 19.2 Å². The fraction of sp³-hybridized carbons (Fsp3) is 0.176. The van der Waals surface area contributed by atoms with E-state index in [4.69, 9.17) is 28.9 Å². The Morgan fingerprint density at radius 3 is 1.31 bits per heavy atom. The molecule has 0 atom stereocenters. The van der Waals surface area contributed by atoms with Gasteiger partial charge < -0.3 is 28.5 Å². The molecule has 0 saturated heterocycles. The Hall–Kier alpha value is -9.16. The molecule has 1 radical (unpaired) electrons. The van der Waals surface area contributed by atoms with Gasteiger partial charge in [0.25, 0.3) is 0 Å². The molecule has 3 aromatic heterocycles. The number of benzene rings is 4. The molecule has 1 N–H and O–H groups in total. The first-order chi connectivity index (χ1) is 39.2. The van der Waals surface area contributed by atoms with Crippen molar-refractivity contribution in [2.45, 2.75) is 79.1 Å². The van der Waals surface area contributed by atoms with Gasteiger partial charge >= 0.3 is 23.9 Å². The van der Waals surface area contributed by atoms with E-state index >= 15 is 0 Å². The smallest absolute Gasteiger partial charge is 0.311 e. The number of H-pyrrole nitrogens is 1. The number of aromatic nitrogens is 4. The molecule has 81 heavy (non-hydrogen) atoms. The van der Waals surface area contributed by atoms with E-state index in [1.807, 2.05) is 184 Å². The number of nitrogens with zero attached hydrogens (tertiary/aromatic N) is 3. The van der Waals surface area contributed by atoms with Crippen LogP contribution < -0.4 is 18.9 Å². The summed E-state index contributed by atoms with van der Waals surface area (Å²) in [5.41, 5.74) is 8.22. The molecule has 0 spiro atoms. The van der Waals surface area contributed by atoms with Crippen LogP contribution in [-0.4, -0.2) is 43.4 Å². The quantitative estimate of drug-likeness (QED) is 0.0338. The average Bonchev–Trinajstić information content (AvgIpc) is 4.43. The molecule has 8 bridgehead atoms.